The SMILES string of the molecule is N#CC1(n2cc(Br)c3cccnc32)CCCC1. The fourth-order valence-electron chi connectivity index (χ4n) is 2.71. The molecule has 0 saturated heterocycles. The smallest absolute Gasteiger partial charge is 0.142 e. The molecule has 4 heteroatoms. The van der Waals surface area contributed by atoms with Crippen molar-refractivity contribution in [3.63, 3.8) is 0 Å². The van der Waals surface area contributed by atoms with Crippen LogP contribution < -0.4 is 0 Å². The van der Waals surface area contributed by atoms with Crippen LogP contribution in [-0.2, 0) is 5.54 Å². The molecule has 0 spiro atoms. The summed E-state index contributed by atoms with van der Waals surface area (Å²) in [6, 6.07) is 6.45. The van der Waals surface area contributed by atoms with Crippen LogP contribution in [0.2, 0.25) is 0 Å². The van der Waals surface area contributed by atoms with Crippen LogP contribution in [0.4, 0.5) is 0 Å². The van der Waals surface area contributed by atoms with Gasteiger partial charge in [0.1, 0.15) is 11.2 Å². The van der Waals surface area contributed by atoms with Crippen molar-refractivity contribution in [3.8, 4) is 6.07 Å². The molecular weight excluding hydrogens is 278 g/mol. The molecule has 2 aromatic rings. The van der Waals surface area contributed by atoms with Gasteiger partial charge in [0.2, 0.25) is 0 Å². The lowest BCUT2D eigenvalue weighted by molar-refractivity contribution is 0.405. The maximum atomic E-state index is 9.52. The standard InChI is InChI=1S/C13H12BrN3/c14-11-8-17(12-10(11)4-3-7-16-12)13(9-15)5-1-2-6-13/h3-4,7-8H,1-2,5-6H2. The van der Waals surface area contributed by atoms with Gasteiger partial charge < -0.3 is 4.57 Å². The first-order chi connectivity index (χ1) is 8.27. The largest absolute Gasteiger partial charge is 0.312 e. The zero-order chi connectivity index (χ0) is 11.9. The minimum Gasteiger partial charge on any atom is -0.312 e. The zero-order valence-corrected chi connectivity index (χ0v) is 10.9. The maximum absolute atomic E-state index is 9.52. The van der Waals surface area contributed by atoms with E-state index in [0.717, 1.165) is 41.2 Å². The van der Waals surface area contributed by atoms with Crippen molar-refractivity contribution >= 4 is 27.0 Å². The van der Waals surface area contributed by atoms with Crippen LogP contribution in [0.1, 0.15) is 25.7 Å². The summed E-state index contributed by atoms with van der Waals surface area (Å²) in [6.07, 6.45) is 7.89. The molecule has 2 aromatic heterocycles. The average molecular weight is 290 g/mol. The van der Waals surface area contributed by atoms with E-state index in [1.165, 1.54) is 0 Å². The van der Waals surface area contributed by atoms with E-state index in [4.69, 9.17) is 0 Å². The lowest BCUT2D eigenvalue weighted by Crippen LogP contribution is -2.27. The summed E-state index contributed by atoms with van der Waals surface area (Å²) in [6.45, 7) is 0. The van der Waals surface area contributed by atoms with Crippen molar-refractivity contribution in [2.24, 2.45) is 0 Å². The molecular formula is C13H12BrN3. The fourth-order valence-corrected chi connectivity index (χ4v) is 3.23. The van der Waals surface area contributed by atoms with Gasteiger partial charge in [-0.15, -0.1) is 0 Å². The van der Waals surface area contributed by atoms with Crippen LogP contribution in [0, 0.1) is 11.3 Å². The van der Waals surface area contributed by atoms with Gasteiger partial charge in [-0.2, -0.15) is 5.26 Å². The Morgan fingerprint density at radius 2 is 2.18 bits per heavy atom. The Morgan fingerprint density at radius 3 is 2.88 bits per heavy atom. The Kier molecular flexibility index (Phi) is 2.44. The number of fused-ring (bicyclic) bond motifs is 1. The molecule has 1 saturated carbocycles. The molecule has 1 fully saturated rings. The zero-order valence-electron chi connectivity index (χ0n) is 9.36. The van der Waals surface area contributed by atoms with Gasteiger partial charge in [0.05, 0.1) is 6.07 Å². The second-order valence-electron chi connectivity index (χ2n) is 4.57. The number of nitriles is 1. The van der Waals surface area contributed by atoms with Crippen LogP contribution >= 0.6 is 15.9 Å². The summed E-state index contributed by atoms with van der Waals surface area (Å²) >= 11 is 3.55. The molecule has 17 heavy (non-hydrogen) atoms. The quantitative estimate of drug-likeness (QED) is 0.805. The van der Waals surface area contributed by atoms with E-state index >= 15 is 0 Å². The summed E-state index contributed by atoms with van der Waals surface area (Å²) in [5, 5.41) is 10.6. The van der Waals surface area contributed by atoms with Crippen molar-refractivity contribution in [1.29, 1.82) is 5.26 Å². The first-order valence-electron chi connectivity index (χ1n) is 5.80. The van der Waals surface area contributed by atoms with E-state index in [1.807, 2.05) is 18.3 Å². The minimum absolute atomic E-state index is 0.390. The van der Waals surface area contributed by atoms with Crippen LogP contribution in [0.5, 0.6) is 0 Å². The molecule has 0 aliphatic heterocycles. The van der Waals surface area contributed by atoms with E-state index in [0.29, 0.717) is 0 Å². The van der Waals surface area contributed by atoms with Gasteiger partial charge >= 0.3 is 0 Å². The van der Waals surface area contributed by atoms with Crippen LogP contribution in [0.25, 0.3) is 11.0 Å². The van der Waals surface area contributed by atoms with Gasteiger partial charge in [-0.05, 0) is 53.7 Å². The summed E-state index contributed by atoms with van der Waals surface area (Å²) in [5.74, 6) is 0. The lowest BCUT2D eigenvalue weighted by atomic mass is 10.00. The molecule has 0 radical (unpaired) electrons. The normalized spacial score (nSPS) is 18.4. The maximum Gasteiger partial charge on any atom is 0.142 e. The van der Waals surface area contributed by atoms with E-state index in [2.05, 4.69) is 31.6 Å². The van der Waals surface area contributed by atoms with Crippen LogP contribution in [-0.4, -0.2) is 9.55 Å². The lowest BCUT2D eigenvalue weighted by Gasteiger charge is -2.23. The van der Waals surface area contributed by atoms with Gasteiger partial charge in [-0.1, -0.05) is 0 Å². The van der Waals surface area contributed by atoms with Crippen molar-refractivity contribution in [3.05, 3.63) is 29.0 Å². The second kappa shape index (κ2) is 3.85. The van der Waals surface area contributed by atoms with E-state index in [-0.39, 0.29) is 0 Å². The first-order valence-corrected chi connectivity index (χ1v) is 6.59. The van der Waals surface area contributed by atoms with E-state index in [9.17, 15) is 5.26 Å². The Bertz CT molecular complexity index is 603. The summed E-state index contributed by atoms with van der Waals surface area (Å²) in [5.41, 5.74) is 0.515. The van der Waals surface area contributed by atoms with Crippen molar-refractivity contribution in [1.82, 2.24) is 9.55 Å². The number of nitrogens with zero attached hydrogens (tertiary/aromatic N) is 3. The predicted octanol–water partition coefficient (Wildman–Crippen LogP) is 3.59. The molecule has 0 N–H and O–H groups in total. The molecule has 0 atom stereocenters. The first kappa shape index (κ1) is 10.8. The van der Waals surface area contributed by atoms with Gasteiger partial charge in [0.25, 0.3) is 0 Å². The molecule has 2 heterocycles. The number of hydrogen-bond acceptors (Lipinski definition) is 2. The molecule has 3 nitrogen and oxygen atoms in total. The van der Waals surface area contributed by atoms with Crippen molar-refractivity contribution in [2.75, 3.05) is 0 Å². The third kappa shape index (κ3) is 1.49. The second-order valence-corrected chi connectivity index (χ2v) is 5.43. The van der Waals surface area contributed by atoms with Crippen molar-refractivity contribution in [2.45, 2.75) is 31.2 Å². The highest BCUT2D eigenvalue weighted by atomic mass is 79.9. The van der Waals surface area contributed by atoms with Crippen LogP contribution in [0.3, 0.4) is 0 Å². The van der Waals surface area contributed by atoms with Crippen molar-refractivity contribution < 1.29 is 0 Å². The molecule has 86 valence electrons. The van der Waals surface area contributed by atoms with Gasteiger partial charge in [-0.25, -0.2) is 4.98 Å². The Hall–Kier alpha value is -1.34. The highest BCUT2D eigenvalue weighted by Gasteiger charge is 2.37. The Morgan fingerprint density at radius 1 is 1.41 bits per heavy atom. The number of halogens is 1. The number of hydrogen-bond donors (Lipinski definition) is 0. The summed E-state index contributed by atoms with van der Waals surface area (Å²) in [4.78, 5) is 4.42. The fraction of sp³-hybridized carbons (Fsp3) is 0.385. The average Bonchev–Trinajstić information content (AvgIpc) is 2.96. The minimum atomic E-state index is -0.390. The Balaban J connectivity index is 2.28. The number of pyridine rings is 1. The third-order valence-electron chi connectivity index (χ3n) is 3.61. The molecule has 1 aliphatic rings. The van der Waals surface area contributed by atoms with Gasteiger partial charge in [0, 0.05) is 22.3 Å². The van der Waals surface area contributed by atoms with Gasteiger partial charge in [0.15, 0.2) is 0 Å². The number of aromatic nitrogens is 2. The van der Waals surface area contributed by atoms with E-state index in [1.54, 1.807) is 6.20 Å². The monoisotopic (exact) mass is 289 g/mol. The summed E-state index contributed by atoms with van der Waals surface area (Å²) in [7, 11) is 0. The number of rotatable bonds is 1. The highest BCUT2D eigenvalue weighted by Crippen LogP contribution is 2.39. The van der Waals surface area contributed by atoms with Gasteiger partial charge in [-0.3, -0.25) is 0 Å². The third-order valence-corrected chi connectivity index (χ3v) is 4.25. The molecule has 0 aromatic carbocycles. The predicted molar refractivity (Wildman–Crippen MR) is 69.5 cm³/mol. The van der Waals surface area contributed by atoms with E-state index < -0.39 is 5.54 Å². The molecule has 3 rings (SSSR count). The molecule has 0 amide bonds. The van der Waals surface area contributed by atoms with Crippen LogP contribution in [0.15, 0.2) is 29.0 Å². The molecule has 1 aliphatic carbocycles. The molecule has 0 bridgehead atoms. The summed E-state index contributed by atoms with van der Waals surface area (Å²) < 4.78 is 3.07. The highest BCUT2D eigenvalue weighted by molar-refractivity contribution is 9.10. The topological polar surface area (TPSA) is 41.6 Å². The molecule has 0 unspecified atom stereocenters. The Labute approximate surface area is 108 Å².